The third kappa shape index (κ3) is 5.16. The standard InChI is InChI=1S/C21H25NO6/c1-25-17-12-16(13-18(26-2)20(17)28-4)21(24)22(11-10-19(23)27-3)14-15-8-6-5-7-9-15/h5-9,12-13H,10-11,14H2,1-4H3. The van der Waals surface area contributed by atoms with Crippen LogP contribution in [-0.2, 0) is 16.1 Å². The summed E-state index contributed by atoms with van der Waals surface area (Å²) in [4.78, 5) is 26.4. The van der Waals surface area contributed by atoms with Crippen LogP contribution < -0.4 is 14.2 Å². The van der Waals surface area contributed by atoms with E-state index in [9.17, 15) is 9.59 Å². The average molecular weight is 387 g/mol. The Kier molecular flexibility index (Phi) is 7.68. The second-order valence-electron chi connectivity index (χ2n) is 5.95. The van der Waals surface area contributed by atoms with Crippen molar-refractivity contribution in [3.8, 4) is 17.2 Å². The minimum absolute atomic E-state index is 0.0967. The van der Waals surface area contributed by atoms with E-state index in [4.69, 9.17) is 18.9 Å². The van der Waals surface area contributed by atoms with Crippen LogP contribution in [0.5, 0.6) is 17.2 Å². The van der Waals surface area contributed by atoms with Crippen molar-refractivity contribution in [2.24, 2.45) is 0 Å². The molecular weight excluding hydrogens is 362 g/mol. The molecule has 28 heavy (non-hydrogen) atoms. The van der Waals surface area contributed by atoms with E-state index in [0.29, 0.717) is 29.4 Å². The Morgan fingerprint density at radius 2 is 1.50 bits per heavy atom. The molecule has 0 aliphatic carbocycles. The van der Waals surface area contributed by atoms with Gasteiger partial charge in [-0.3, -0.25) is 9.59 Å². The fraction of sp³-hybridized carbons (Fsp3) is 0.333. The van der Waals surface area contributed by atoms with Gasteiger partial charge in [0.2, 0.25) is 5.75 Å². The number of hydrogen-bond acceptors (Lipinski definition) is 6. The lowest BCUT2D eigenvalue weighted by molar-refractivity contribution is -0.140. The molecular formula is C21H25NO6. The molecule has 0 fully saturated rings. The first-order valence-electron chi connectivity index (χ1n) is 8.74. The van der Waals surface area contributed by atoms with Crippen LogP contribution in [0.25, 0.3) is 0 Å². The summed E-state index contributed by atoms with van der Waals surface area (Å²) < 4.78 is 20.7. The van der Waals surface area contributed by atoms with Crippen molar-refractivity contribution in [2.45, 2.75) is 13.0 Å². The molecule has 0 atom stereocenters. The van der Waals surface area contributed by atoms with Crippen molar-refractivity contribution in [1.29, 1.82) is 0 Å². The number of rotatable bonds is 9. The molecule has 2 aromatic carbocycles. The number of carbonyl (C=O) groups is 2. The van der Waals surface area contributed by atoms with Crippen LogP contribution in [0.4, 0.5) is 0 Å². The van der Waals surface area contributed by atoms with Gasteiger partial charge in [0.15, 0.2) is 11.5 Å². The van der Waals surface area contributed by atoms with Gasteiger partial charge in [0.25, 0.3) is 5.91 Å². The molecule has 0 heterocycles. The smallest absolute Gasteiger partial charge is 0.307 e. The van der Waals surface area contributed by atoms with Crippen LogP contribution in [0.2, 0.25) is 0 Å². The first-order valence-corrected chi connectivity index (χ1v) is 8.74. The third-order valence-electron chi connectivity index (χ3n) is 4.23. The van der Waals surface area contributed by atoms with Crippen molar-refractivity contribution >= 4 is 11.9 Å². The summed E-state index contributed by atoms with van der Waals surface area (Å²) in [6, 6.07) is 12.7. The summed E-state index contributed by atoms with van der Waals surface area (Å²) in [5.74, 6) is 0.546. The Balaban J connectivity index is 2.35. The van der Waals surface area contributed by atoms with Gasteiger partial charge in [-0.15, -0.1) is 0 Å². The monoisotopic (exact) mass is 387 g/mol. The van der Waals surface area contributed by atoms with Crippen LogP contribution >= 0.6 is 0 Å². The van der Waals surface area contributed by atoms with Crippen LogP contribution in [0.3, 0.4) is 0 Å². The maximum Gasteiger partial charge on any atom is 0.307 e. The molecule has 0 saturated carbocycles. The molecule has 2 aromatic rings. The van der Waals surface area contributed by atoms with Crippen molar-refractivity contribution in [3.63, 3.8) is 0 Å². The van der Waals surface area contributed by atoms with Crippen molar-refractivity contribution in [1.82, 2.24) is 4.90 Å². The van der Waals surface area contributed by atoms with E-state index in [-0.39, 0.29) is 24.8 Å². The van der Waals surface area contributed by atoms with E-state index in [0.717, 1.165) is 5.56 Å². The van der Waals surface area contributed by atoms with Crippen LogP contribution in [0, 0.1) is 0 Å². The number of hydrogen-bond donors (Lipinski definition) is 0. The van der Waals surface area contributed by atoms with E-state index >= 15 is 0 Å². The largest absolute Gasteiger partial charge is 0.493 e. The minimum Gasteiger partial charge on any atom is -0.493 e. The molecule has 0 aromatic heterocycles. The number of carbonyl (C=O) groups excluding carboxylic acids is 2. The van der Waals surface area contributed by atoms with E-state index in [1.165, 1.54) is 28.4 Å². The average Bonchev–Trinajstić information content (AvgIpc) is 2.75. The normalized spacial score (nSPS) is 10.1. The molecule has 0 saturated heterocycles. The van der Waals surface area contributed by atoms with Crippen molar-refractivity contribution in [2.75, 3.05) is 35.0 Å². The highest BCUT2D eigenvalue weighted by atomic mass is 16.5. The van der Waals surface area contributed by atoms with E-state index in [1.54, 1.807) is 17.0 Å². The second-order valence-corrected chi connectivity index (χ2v) is 5.95. The van der Waals surface area contributed by atoms with Crippen LogP contribution in [0.1, 0.15) is 22.3 Å². The summed E-state index contributed by atoms with van der Waals surface area (Å²) in [6.07, 6.45) is 0.0967. The molecule has 1 amide bonds. The summed E-state index contributed by atoms with van der Waals surface area (Å²) in [5, 5.41) is 0. The van der Waals surface area contributed by atoms with Crippen molar-refractivity contribution in [3.05, 3.63) is 53.6 Å². The van der Waals surface area contributed by atoms with Crippen LogP contribution in [-0.4, -0.2) is 51.8 Å². The molecule has 0 aliphatic rings. The molecule has 0 N–H and O–H groups in total. The van der Waals surface area contributed by atoms with Gasteiger partial charge in [-0.1, -0.05) is 30.3 Å². The molecule has 2 rings (SSSR count). The van der Waals surface area contributed by atoms with Gasteiger partial charge >= 0.3 is 5.97 Å². The molecule has 0 aliphatic heterocycles. The maximum atomic E-state index is 13.2. The predicted octanol–water partition coefficient (Wildman–Crippen LogP) is 2.92. The van der Waals surface area contributed by atoms with Gasteiger partial charge in [0.1, 0.15) is 0 Å². The van der Waals surface area contributed by atoms with E-state index in [2.05, 4.69) is 0 Å². The Morgan fingerprint density at radius 3 is 2.00 bits per heavy atom. The van der Waals surface area contributed by atoms with Gasteiger partial charge in [-0.25, -0.2) is 0 Å². The number of ether oxygens (including phenoxy) is 4. The van der Waals surface area contributed by atoms with Crippen LogP contribution in [0.15, 0.2) is 42.5 Å². The number of nitrogens with zero attached hydrogens (tertiary/aromatic N) is 1. The third-order valence-corrected chi connectivity index (χ3v) is 4.23. The van der Waals surface area contributed by atoms with Gasteiger partial charge in [-0.2, -0.15) is 0 Å². The summed E-state index contributed by atoms with van der Waals surface area (Å²) in [7, 11) is 5.81. The molecule has 0 bridgehead atoms. The van der Waals surface area contributed by atoms with Gasteiger partial charge < -0.3 is 23.8 Å². The summed E-state index contributed by atoms with van der Waals surface area (Å²) >= 11 is 0. The maximum absolute atomic E-state index is 13.2. The molecule has 7 nitrogen and oxygen atoms in total. The lowest BCUT2D eigenvalue weighted by atomic mass is 10.1. The van der Waals surface area contributed by atoms with Gasteiger partial charge in [0, 0.05) is 18.7 Å². The SMILES string of the molecule is COC(=O)CCN(Cc1ccccc1)C(=O)c1cc(OC)c(OC)c(OC)c1. The number of amides is 1. The highest BCUT2D eigenvalue weighted by molar-refractivity contribution is 5.95. The zero-order chi connectivity index (χ0) is 20.5. The Morgan fingerprint density at radius 1 is 0.893 bits per heavy atom. The summed E-state index contributed by atoms with van der Waals surface area (Å²) in [5.41, 5.74) is 1.32. The van der Waals surface area contributed by atoms with E-state index < -0.39 is 0 Å². The zero-order valence-corrected chi connectivity index (χ0v) is 16.6. The molecule has 7 heteroatoms. The minimum atomic E-state index is -0.379. The lowest BCUT2D eigenvalue weighted by Gasteiger charge is -2.23. The topological polar surface area (TPSA) is 74.3 Å². The fourth-order valence-electron chi connectivity index (χ4n) is 2.77. The second kappa shape index (κ2) is 10.2. The van der Waals surface area contributed by atoms with Crippen molar-refractivity contribution < 1.29 is 28.5 Å². The molecule has 0 spiro atoms. The molecule has 150 valence electrons. The lowest BCUT2D eigenvalue weighted by Crippen LogP contribution is -2.32. The number of esters is 1. The highest BCUT2D eigenvalue weighted by Gasteiger charge is 2.22. The molecule has 0 radical (unpaired) electrons. The van der Waals surface area contributed by atoms with E-state index in [1.807, 2.05) is 30.3 Å². The first kappa shape index (κ1) is 21.1. The first-order chi connectivity index (χ1) is 13.5. The number of benzene rings is 2. The Labute approximate surface area is 164 Å². The van der Waals surface area contributed by atoms with Gasteiger partial charge in [0.05, 0.1) is 34.9 Å². The zero-order valence-electron chi connectivity index (χ0n) is 16.6. The molecule has 0 unspecified atom stereocenters. The Bertz CT molecular complexity index is 781. The van der Waals surface area contributed by atoms with Gasteiger partial charge in [-0.05, 0) is 17.7 Å². The fourth-order valence-corrected chi connectivity index (χ4v) is 2.77. The summed E-state index contributed by atoms with van der Waals surface area (Å²) in [6.45, 7) is 0.574. The quantitative estimate of drug-likeness (QED) is 0.616. The predicted molar refractivity (Wildman–Crippen MR) is 104 cm³/mol. The highest BCUT2D eigenvalue weighted by Crippen LogP contribution is 2.38. The Hall–Kier alpha value is -3.22. The number of methoxy groups -OCH3 is 4.